The number of halogens is 1. The Morgan fingerprint density at radius 2 is 1.96 bits per heavy atom. The third kappa shape index (κ3) is 3.45. The third-order valence-corrected chi connectivity index (χ3v) is 4.98. The number of hydrogen-bond acceptors (Lipinski definition) is 4. The molecule has 0 saturated carbocycles. The van der Waals surface area contributed by atoms with Crippen LogP contribution in [-0.4, -0.2) is 24.1 Å². The van der Waals surface area contributed by atoms with Crippen molar-refractivity contribution in [2.45, 2.75) is 6.92 Å². The molecule has 0 aliphatic heterocycles. The Hall–Kier alpha value is -2.57. The molecule has 0 bridgehead atoms. The van der Waals surface area contributed by atoms with E-state index in [0.717, 1.165) is 15.0 Å². The van der Waals surface area contributed by atoms with Crippen LogP contribution in [0.4, 0.5) is 5.69 Å². The van der Waals surface area contributed by atoms with Crippen LogP contribution in [0.3, 0.4) is 0 Å². The molecule has 0 radical (unpaired) electrons. The number of ether oxygens (including phenoxy) is 1. The van der Waals surface area contributed by atoms with Crippen molar-refractivity contribution in [1.29, 1.82) is 0 Å². The minimum atomic E-state index is -1.19. The Morgan fingerprint density at radius 1 is 1.20 bits per heavy atom. The van der Waals surface area contributed by atoms with Crippen LogP contribution >= 0.6 is 22.9 Å². The fourth-order valence-electron chi connectivity index (χ4n) is 2.49. The lowest BCUT2D eigenvalue weighted by Gasteiger charge is -2.12. The van der Waals surface area contributed by atoms with Gasteiger partial charge in [0, 0.05) is 21.2 Å². The zero-order chi connectivity index (χ0) is 18.1. The molecule has 7 heteroatoms. The largest absolute Gasteiger partial charge is 0.495 e. The summed E-state index contributed by atoms with van der Waals surface area (Å²) in [6.07, 6.45) is 0. The van der Waals surface area contributed by atoms with Gasteiger partial charge in [-0.1, -0.05) is 17.7 Å². The van der Waals surface area contributed by atoms with Gasteiger partial charge in [0.05, 0.1) is 23.4 Å². The van der Waals surface area contributed by atoms with Gasteiger partial charge in [-0.2, -0.15) is 0 Å². The summed E-state index contributed by atoms with van der Waals surface area (Å²) in [6, 6.07) is 10.1. The Balaban J connectivity index is 1.97. The molecule has 2 N–H and O–H groups in total. The van der Waals surface area contributed by atoms with Crippen molar-refractivity contribution in [3.8, 4) is 5.75 Å². The highest BCUT2D eigenvalue weighted by molar-refractivity contribution is 7.19. The number of carboxylic acid groups (broad SMARTS) is 1. The van der Waals surface area contributed by atoms with E-state index in [4.69, 9.17) is 16.3 Å². The SMILES string of the molecule is COc1cc(NC(=O)c2ccc3cc(C)sc3c2)c(C(=O)O)cc1Cl. The first-order valence-corrected chi connectivity index (χ1v) is 8.51. The van der Waals surface area contributed by atoms with Crippen molar-refractivity contribution in [2.75, 3.05) is 12.4 Å². The second-order valence-electron chi connectivity index (χ2n) is 5.40. The summed E-state index contributed by atoms with van der Waals surface area (Å²) in [5, 5.41) is 13.2. The molecule has 1 amide bonds. The van der Waals surface area contributed by atoms with E-state index in [9.17, 15) is 14.7 Å². The second-order valence-corrected chi connectivity index (χ2v) is 7.10. The van der Waals surface area contributed by atoms with Crippen molar-refractivity contribution >= 4 is 50.6 Å². The molecule has 0 unspecified atom stereocenters. The number of nitrogens with one attached hydrogen (secondary N) is 1. The molecule has 3 rings (SSSR count). The van der Waals surface area contributed by atoms with Gasteiger partial charge in [0.2, 0.25) is 0 Å². The molecule has 128 valence electrons. The van der Waals surface area contributed by atoms with Crippen molar-refractivity contribution < 1.29 is 19.4 Å². The zero-order valence-corrected chi connectivity index (χ0v) is 15.0. The standard InChI is InChI=1S/C18H14ClNO4S/c1-9-5-10-3-4-11(6-16(10)25-9)17(21)20-14-8-15(24-2)13(19)7-12(14)18(22)23/h3-8H,1-2H3,(H,20,21)(H,22,23). The highest BCUT2D eigenvalue weighted by atomic mass is 35.5. The number of hydrogen-bond donors (Lipinski definition) is 2. The predicted molar refractivity (Wildman–Crippen MR) is 99.5 cm³/mol. The minimum absolute atomic E-state index is 0.104. The third-order valence-electron chi connectivity index (χ3n) is 3.68. The van der Waals surface area contributed by atoms with Gasteiger partial charge in [-0.3, -0.25) is 4.79 Å². The lowest BCUT2D eigenvalue weighted by Crippen LogP contribution is -2.15. The summed E-state index contributed by atoms with van der Waals surface area (Å²) in [5.41, 5.74) is 0.466. The summed E-state index contributed by atoms with van der Waals surface area (Å²) >= 11 is 7.56. The summed E-state index contributed by atoms with van der Waals surface area (Å²) in [5.74, 6) is -1.31. The van der Waals surface area contributed by atoms with E-state index >= 15 is 0 Å². The van der Waals surface area contributed by atoms with E-state index in [1.54, 1.807) is 23.5 Å². The number of aryl methyl sites for hydroxylation is 1. The van der Waals surface area contributed by atoms with E-state index < -0.39 is 11.9 Å². The van der Waals surface area contributed by atoms with Gasteiger partial charge in [0.15, 0.2) is 0 Å². The Labute approximate surface area is 152 Å². The number of aromatic carboxylic acids is 1. The highest BCUT2D eigenvalue weighted by Gasteiger charge is 2.17. The fourth-order valence-corrected chi connectivity index (χ4v) is 3.69. The van der Waals surface area contributed by atoms with Crippen molar-refractivity contribution in [3.63, 3.8) is 0 Å². The number of carboxylic acids is 1. The van der Waals surface area contributed by atoms with Gasteiger partial charge >= 0.3 is 5.97 Å². The van der Waals surface area contributed by atoms with Gasteiger partial charge in [-0.15, -0.1) is 11.3 Å². The van der Waals surface area contributed by atoms with Gasteiger partial charge in [-0.05, 0) is 36.6 Å². The molecule has 0 aliphatic carbocycles. The van der Waals surface area contributed by atoms with Crippen molar-refractivity contribution in [3.05, 3.63) is 57.4 Å². The molecule has 0 saturated heterocycles. The maximum Gasteiger partial charge on any atom is 0.337 e. The zero-order valence-electron chi connectivity index (χ0n) is 13.4. The van der Waals surface area contributed by atoms with Crippen LogP contribution in [0.15, 0.2) is 36.4 Å². The van der Waals surface area contributed by atoms with Crippen LogP contribution in [0.5, 0.6) is 5.75 Å². The number of carbonyl (C=O) groups is 2. The first-order valence-electron chi connectivity index (χ1n) is 7.31. The van der Waals surface area contributed by atoms with E-state index in [1.165, 1.54) is 19.2 Å². The molecule has 5 nitrogen and oxygen atoms in total. The minimum Gasteiger partial charge on any atom is -0.495 e. The van der Waals surface area contributed by atoms with E-state index in [0.29, 0.717) is 5.56 Å². The average Bonchev–Trinajstić information content (AvgIpc) is 2.94. The van der Waals surface area contributed by atoms with Crippen LogP contribution < -0.4 is 10.1 Å². The number of thiophene rings is 1. The quantitative estimate of drug-likeness (QED) is 0.685. The molecular weight excluding hydrogens is 362 g/mol. The van der Waals surface area contributed by atoms with Crippen LogP contribution in [0.25, 0.3) is 10.1 Å². The molecular formula is C18H14ClNO4S. The molecule has 0 spiro atoms. The molecule has 1 heterocycles. The van der Waals surface area contributed by atoms with Gasteiger partial charge in [0.1, 0.15) is 5.75 Å². The van der Waals surface area contributed by atoms with E-state index in [1.807, 2.05) is 19.1 Å². The summed E-state index contributed by atoms with van der Waals surface area (Å²) in [7, 11) is 1.42. The lowest BCUT2D eigenvalue weighted by molar-refractivity contribution is 0.0698. The topological polar surface area (TPSA) is 75.6 Å². The maximum atomic E-state index is 12.6. The Morgan fingerprint density at radius 3 is 2.64 bits per heavy atom. The number of benzene rings is 2. The first kappa shape index (κ1) is 17.3. The summed E-state index contributed by atoms with van der Waals surface area (Å²) in [4.78, 5) is 25.1. The molecule has 1 aromatic heterocycles. The molecule has 0 atom stereocenters. The second kappa shape index (κ2) is 6.74. The van der Waals surface area contributed by atoms with Gasteiger partial charge in [0.25, 0.3) is 5.91 Å². The van der Waals surface area contributed by atoms with Crippen molar-refractivity contribution in [1.82, 2.24) is 0 Å². The van der Waals surface area contributed by atoms with Crippen LogP contribution in [0.1, 0.15) is 25.6 Å². The van der Waals surface area contributed by atoms with E-state index in [-0.39, 0.29) is 22.0 Å². The molecule has 0 aliphatic rings. The first-order chi connectivity index (χ1) is 11.9. The summed E-state index contributed by atoms with van der Waals surface area (Å²) < 4.78 is 6.09. The number of rotatable bonds is 4. The summed E-state index contributed by atoms with van der Waals surface area (Å²) in [6.45, 7) is 2.00. The highest BCUT2D eigenvalue weighted by Crippen LogP contribution is 2.32. The van der Waals surface area contributed by atoms with Crippen LogP contribution in [-0.2, 0) is 0 Å². The predicted octanol–water partition coefficient (Wildman–Crippen LogP) is 4.82. The smallest absolute Gasteiger partial charge is 0.337 e. The lowest BCUT2D eigenvalue weighted by atomic mass is 10.1. The van der Waals surface area contributed by atoms with Crippen molar-refractivity contribution in [2.24, 2.45) is 0 Å². The van der Waals surface area contributed by atoms with Gasteiger partial charge in [-0.25, -0.2) is 4.79 Å². The molecule has 2 aromatic carbocycles. The molecule has 3 aromatic rings. The van der Waals surface area contributed by atoms with Crippen LogP contribution in [0.2, 0.25) is 5.02 Å². The average molecular weight is 376 g/mol. The number of fused-ring (bicyclic) bond motifs is 1. The number of carbonyl (C=O) groups excluding carboxylic acids is 1. The van der Waals surface area contributed by atoms with Crippen LogP contribution in [0, 0.1) is 6.92 Å². The van der Waals surface area contributed by atoms with E-state index in [2.05, 4.69) is 5.32 Å². The number of amides is 1. The maximum absolute atomic E-state index is 12.6. The molecule has 25 heavy (non-hydrogen) atoms. The number of methoxy groups -OCH3 is 1. The Kier molecular flexibility index (Phi) is 4.65. The van der Waals surface area contributed by atoms with Gasteiger partial charge < -0.3 is 15.2 Å². The number of anilines is 1. The Bertz CT molecular complexity index is 996. The fraction of sp³-hybridized carbons (Fsp3) is 0.111. The normalized spacial score (nSPS) is 10.7. The molecule has 0 fully saturated rings. The monoisotopic (exact) mass is 375 g/mol.